The van der Waals surface area contributed by atoms with Gasteiger partial charge in [0.1, 0.15) is 0 Å². The first-order valence-electron chi connectivity index (χ1n) is 4.16. The molecule has 0 amide bonds. The van der Waals surface area contributed by atoms with Gasteiger partial charge >= 0.3 is 0 Å². The van der Waals surface area contributed by atoms with Crippen LogP contribution in [0.2, 0.25) is 0 Å². The highest BCUT2D eigenvalue weighted by atomic mass is 16.3. The van der Waals surface area contributed by atoms with Crippen molar-refractivity contribution in [3.63, 3.8) is 0 Å². The van der Waals surface area contributed by atoms with E-state index in [2.05, 4.69) is 6.92 Å². The summed E-state index contributed by atoms with van der Waals surface area (Å²) in [6.07, 6.45) is 4.68. The molecule has 0 radical (unpaired) electrons. The lowest BCUT2D eigenvalue weighted by Gasteiger charge is -1.90. The van der Waals surface area contributed by atoms with Crippen molar-refractivity contribution in [2.45, 2.75) is 32.6 Å². The van der Waals surface area contributed by atoms with E-state index in [9.17, 15) is 0 Å². The third-order valence-electron chi connectivity index (χ3n) is 1.11. The van der Waals surface area contributed by atoms with Gasteiger partial charge in [0, 0.05) is 6.61 Å². The molecule has 0 spiro atoms. The van der Waals surface area contributed by atoms with Gasteiger partial charge in [-0.05, 0) is 6.42 Å². The van der Waals surface area contributed by atoms with E-state index in [1.165, 1.54) is 19.3 Å². The smallest absolute Gasteiger partial charge is 0.0662 e. The van der Waals surface area contributed by atoms with Crippen molar-refractivity contribution < 1.29 is 15.3 Å². The number of hydrogen-bond donors (Lipinski definition) is 3. The van der Waals surface area contributed by atoms with Crippen LogP contribution >= 0.6 is 0 Å². The summed E-state index contributed by atoms with van der Waals surface area (Å²) in [5.41, 5.74) is 0. The Morgan fingerprint density at radius 1 is 0.727 bits per heavy atom. The Kier molecular flexibility index (Phi) is 20.2. The van der Waals surface area contributed by atoms with Gasteiger partial charge < -0.3 is 15.3 Å². The topological polar surface area (TPSA) is 60.7 Å². The van der Waals surface area contributed by atoms with Gasteiger partial charge in [0.2, 0.25) is 0 Å². The van der Waals surface area contributed by atoms with E-state index >= 15 is 0 Å². The fourth-order valence-corrected chi connectivity index (χ4v) is 0.539. The summed E-state index contributed by atoms with van der Waals surface area (Å²) in [6, 6.07) is 0. The van der Waals surface area contributed by atoms with Crippen LogP contribution in [-0.2, 0) is 0 Å². The molecular weight excluding hydrogens is 144 g/mol. The first-order chi connectivity index (χ1) is 5.33. The standard InChI is InChI=1S/C6H14O.C2H6O2/c1-2-3-4-5-6-7;3-1-2-4/h7H,2-6H2,1H3;3-4H,1-2H2. The van der Waals surface area contributed by atoms with Crippen LogP contribution < -0.4 is 0 Å². The zero-order valence-electron chi connectivity index (χ0n) is 7.29. The lowest BCUT2D eigenvalue weighted by molar-refractivity contribution is 0.186. The molecule has 0 aromatic rings. The zero-order valence-corrected chi connectivity index (χ0v) is 7.29. The van der Waals surface area contributed by atoms with Crippen LogP contribution in [0, 0.1) is 0 Å². The number of unbranched alkanes of at least 4 members (excludes halogenated alkanes) is 3. The van der Waals surface area contributed by atoms with Crippen molar-refractivity contribution in [2.24, 2.45) is 0 Å². The summed E-state index contributed by atoms with van der Waals surface area (Å²) in [5, 5.41) is 23.5. The summed E-state index contributed by atoms with van der Waals surface area (Å²) in [5.74, 6) is 0. The normalized spacial score (nSPS) is 8.73. The van der Waals surface area contributed by atoms with Crippen molar-refractivity contribution in [3.05, 3.63) is 0 Å². The zero-order chi connectivity index (χ0) is 8.95. The summed E-state index contributed by atoms with van der Waals surface area (Å²) < 4.78 is 0. The van der Waals surface area contributed by atoms with Crippen LogP contribution in [0.1, 0.15) is 32.6 Å². The van der Waals surface area contributed by atoms with Crippen molar-refractivity contribution in [3.8, 4) is 0 Å². The van der Waals surface area contributed by atoms with Crippen LogP contribution in [0.25, 0.3) is 0 Å². The molecule has 3 nitrogen and oxygen atoms in total. The molecular formula is C8H20O3. The Hall–Kier alpha value is -0.120. The maximum Gasteiger partial charge on any atom is 0.0662 e. The molecule has 0 atom stereocenters. The molecule has 0 saturated carbocycles. The molecule has 0 aromatic carbocycles. The number of aliphatic hydroxyl groups excluding tert-OH is 3. The fourth-order valence-electron chi connectivity index (χ4n) is 0.539. The van der Waals surface area contributed by atoms with Gasteiger partial charge in [-0.3, -0.25) is 0 Å². The lowest BCUT2D eigenvalue weighted by Crippen LogP contribution is -1.85. The SMILES string of the molecule is CCCCCCO.OCCO. The van der Waals surface area contributed by atoms with Crippen LogP contribution in [-0.4, -0.2) is 35.1 Å². The van der Waals surface area contributed by atoms with E-state index in [1.54, 1.807) is 0 Å². The molecule has 0 aliphatic carbocycles. The Bertz CT molecular complexity index is 42.6. The second kappa shape index (κ2) is 16.5. The van der Waals surface area contributed by atoms with Gasteiger partial charge in [-0.1, -0.05) is 26.2 Å². The highest BCUT2D eigenvalue weighted by Gasteiger charge is 1.80. The molecule has 70 valence electrons. The second-order valence-electron chi connectivity index (χ2n) is 2.23. The van der Waals surface area contributed by atoms with Gasteiger partial charge in [-0.25, -0.2) is 0 Å². The van der Waals surface area contributed by atoms with Crippen molar-refractivity contribution >= 4 is 0 Å². The number of hydrogen-bond acceptors (Lipinski definition) is 3. The molecule has 0 rings (SSSR count). The predicted octanol–water partition coefficient (Wildman–Crippen LogP) is 0.530. The Balaban J connectivity index is 0. The largest absolute Gasteiger partial charge is 0.396 e. The molecule has 0 fully saturated rings. The second-order valence-corrected chi connectivity index (χ2v) is 2.23. The Labute approximate surface area is 68.7 Å². The molecule has 0 heterocycles. The average molecular weight is 164 g/mol. The maximum absolute atomic E-state index is 8.29. The van der Waals surface area contributed by atoms with E-state index in [-0.39, 0.29) is 13.2 Å². The molecule has 3 heteroatoms. The van der Waals surface area contributed by atoms with E-state index in [4.69, 9.17) is 15.3 Å². The quantitative estimate of drug-likeness (QED) is 0.519. The van der Waals surface area contributed by atoms with Crippen LogP contribution in [0.15, 0.2) is 0 Å². The van der Waals surface area contributed by atoms with Gasteiger partial charge in [0.05, 0.1) is 13.2 Å². The summed E-state index contributed by atoms with van der Waals surface area (Å²) >= 11 is 0. The first kappa shape index (κ1) is 13.5. The Morgan fingerprint density at radius 3 is 1.55 bits per heavy atom. The number of aliphatic hydroxyl groups is 3. The van der Waals surface area contributed by atoms with Gasteiger partial charge in [-0.2, -0.15) is 0 Å². The monoisotopic (exact) mass is 164 g/mol. The van der Waals surface area contributed by atoms with Gasteiger partial charge in [0.15, 0.2) is 0 Å². The van der Waals surface area contributed by atoms with E-state index in [0.717, 1.165) is 6.42 Å². The highest BCUT2D eigenvalue weighted by Crippen LogP contribution is 1.95. The van der Waals surface area contributed by atoms with Gasteiger partial charge in [-0.15, -0.1) is 0 Å². The van der Waals surface area contributed by atoms with E-state index < -0.39 is 0 Å². The van der Waals surface area contributed by atoms with Crippen LogP contribution in [0.4, 0.5) is 0 Å². The lowest BCUT2D eigenvalue weighted by atomic mass is 10.2. The summed E-state index contributed by atoms with van der Waals surface area (Å²) in [4.78, 5) is 0. The van der Waals surface area contributed by atoms with Crippen molar-refractivity contribution in [2.75, 3.05) is 19.8 Å². The first-order valence-corrected chi connectivity index (χ1v) is 4.16. The molecule has 3 N–H and O–H groups in total. The van der Waals surface area contributed by atoms with Crippen LogP contribution in [0.5, 0.6) is 0 Å². The summed E-state index contributed by atoms with van der Waals surface area (Å²) in [7, 11) is 0. The fraction of sp³-hybridized carbons (Fsp3) is 1.00. The summed E-state index contributed by atoms with van der Waals surface area (Å²) in [6.45, 7) is 2.28. The van der Waals surface area contributed by atoms with E-state index in [1.807, 2.05) is 0 Å². The Morgan fingerprint density at radius 2 is 1.27 bits per heavy atom. The minimum atomic E-state index is -0.125. The predicted molar refractivity (Wildman–Crippen MR) is 45.4 cm³/mol. The van der Waals surface area contributed by atoms with Crippen molar-refractivity contribution in [1.29, 1.82) is 0 Å². The minimum Gasteiger partial charge on any atom is -0.396 e. The molecule has 11 heavy (non-hydrogen) atoms. The van der Waals surface area contributed by atoms with Gasteiger partial charge in [0.25, 0.3) is 0 Å². The molecule has 0 aromatic heterocycles. The van der Waals surface area contributed by atoms with E-state index in [0.29, 0.717) is 6.61 Å². The molecule has 0 bridgehead atoms. The molecule has 0 saturated heterocycles. The number of rotatable bonds is 5. The average Bonchev–Trinajstić information content (AvgIpc) is 2.06. The molecule has 0 aliphatic rings. The maximum atomic E-state index is 8.29. The van der Waals surface area contributed by atoms with Crippen molar-refractivity contribution in [1.82, 2.24) is 0 Å². The third kappa shape index (κ3) is 25.8. The van der Waals surface area contributed by atoms with Crippen LogP contribution in [0.3, 0.4) is 0 Å². The molecule has 0 aliphatic heterocycles. The third-order valence-corrected chi connectivity index (χ3v) is 1.11. The minimum absolute atomic E-state index is 0.125. The molecule has 0 unspecified atom stereocenters. The highest BCUT2D eigenvalue weighted by molar-refractivity contribution is 4.35.